The third-order valence-corrected chi connectivity index (χ3v) is 14.4. The molecular formula is C8H26O3Si4. The summed E-state index contributed by atoms with van der Waals surface area (Å²) in [5, 5.41) is 0. The van der Waals surface area contributed by atoms with Gasteiger partial charge in [-0.3, -0.25) is 0 Å². The van der Waals surface area contributed by atoms with Crippen LogP contribution in [0, 0.1) is 0 Å². The standard InChI is InChI=1S/C6H18O2Si3.C2H8OSi/c9-11-10-3-1-2-7-4-6-5-8-6;1-2-3-4/h6H,1-5,10-11H2,9H3;2H2,1,4H3. The smallest absolute Gasteiger partial charge is 0.145 e. The number of ether oxygens (including phenoxy) is 2. The molecule has 1 rings (SSSR count). The first-order valence-electron chi connectivity index (χ1n) is 6.03. The Morgan fingerprint density at radius 3 is 2.67 bits per heavy atom. The predicted octanol–water partition coefficient (Wildman–Crippen LogP) is -2.95. The lowest BCUT2D eigenvalue weighted by molar-refractivity contribution is 0.117. The van der Waals surface area contributed by atoms with Crippen molar-refractivity contribution in [3.63, 3.8) is 0 Å². The van der Waals surface area contributed by atoms with Crippen LogP contribution in [-0.2, 0) is 13.9 Å². The van der Waals surface area contributed by atoms with Crippen molar-refractivity contribution in [1.29, 1.82) is 0 Å². The molecule has 1 fully saturated rings. The van der Waals surface area contributed by atoms with E-state index >= 15 is 0 Å². The van der Waals surface area contributed by atoms with E-state index in [1.165, 1.54) is 6.42 Å². The summed E-state index contributed by atoms with van der Waals surface area (Å²) in [7, 11) is 3.50. The van der Waals surface area contributed by atoms with Crippen molar-refractivity contribution in [3.05, 3.63) is 0 Å². The normalized spacial score (nSPS) is 20.2. The highest BCUT2D eigenvalue weighted by atomic mass is 29.5. The van der Waals surface area contributed by atoms with Gasteiger partial charge >= 0.3 is 0 Å². The van der Waals surface area contributed by atoms with Crippen LogP contribution in [-0.4, -0.2) is 70.4 Å². The van der Waals surface area contributed by atoms with Crippen LogP contribution in [0.5, 0.6) is 0 Å². The van der Waals surface area contributed by atoms with E-state index < -0.39 is 0 Å². The second kappa shape index (κ2) is 12.8. The molecule has 0 aliphatic carbocycles. The molecule has 1 saturated heterocycles. The molecule has 0 bridgehead atoms. The SMILES string of the molecule is CCO[SiH3].[SiH3][SiH2][SiH2]CCCOCC1CO1. The fourth-order valence-corrected chi connectivity index (χ4v) is 9.13. The summed E-state index contributed by atoms with van der Waals surface area (Å²) >= 11 is 0. The van der Waals surface area contributed by atoms with Gasteiger partial charge < -0.3 is 13.9 Å². The average molecular weight is 283 g/mol. The van der Waals surface area contributed by atoms with Gasteiger partial charge in [-0.1, -0.05) is 6.04 Å². The molecule has 0 aromatic carbocycles. The van der Waals surface area contributed by atoms with Crippen LogP contribution in [0.15, 0.2) is 0 Å². The average Bonchev–Trinajstić information content (AvgIpc) is 3.07. The zero-order valence-electron chi connectivity index (χ0n) is 10.5. The Kier molecular flexibility index (Phi) is 13.5. The Bertz CT molecular complexity index is 122. The first kappa shape index (κ1) is 15.7. The summed E-state index contributed by atoms with van der Waals surface area (Å²) < 4.78 is 15.1. The maximum atomic E-state index is 5.43. The highest BCUT2D eigenvalue weighted by Gasteiger charge is 2.21. The Morgan fingerprint density at radius 2 is 2.20 bits per heavy atom. The molecule has 1 unspecified atom stereocenters. The van der Waals surface area contributed by atoms with Gasteiger partial charge in [0, 0.05) is 22.3 Å². The maximum Gasteiger partial charge on any atom is 0.145 e. The van der Waals surface area contributed by atoms with Gasteiger partial charge in [0.25, 0.3) is 0 Å². The van der Waals surface area contributed by atoms with E-state index in [0.29, 0.717) is 23.7 Å². The Balaban J connectivity index is 0.000000423. The fraction of sp³-hybridized carbons (Fsp3) is 1.00. The molecule has 0 saturated carbocycles. The van der Waals surface area contributed by atoms with Crippen LogP contribution in [0.25, 0.3) is 0 Å². The third kappa shape index (κ3) is 14.7. The lowest BCUT2D eigenvalue weighted by Gasteiger charge is -1.99. The minimum absolute atomic E-state index is 0.459. The number of rotatable bonds is 8. The van der Waals surface area contributed by atoms with Crippen molar-refractivity contribution in [2.45, 2.75) is 25.5 Å². The molecule has 92 valence electrons. The van der Waals surface area contributed by atoms with E-state index in [1.807, 2.05) is 6.92 Å². The third-order valence-electron chi connectivity index (χ3n) is 2.14. The Morgan fingerprint density at radius 1 is 1.53 bits per heavy atom. The summed E-state index contributed by atoms with van der Waals surface area (Å²) in [6.45, 7) is 5.64. The zero-order chi connectivity index (χ0) is 11.4. The molecule has 0 radical (unpaired) electrons. The van der Waals surface area contributed by atoms with Gasteiger partial charge in [-0.15, -0.1) is 0 Å². The minimum Gasteiger partial charge on any atom is -0.428 e. The quantitative estimate of drug-likeness (QED) is 0.271. The van der Waals surface area contributed by atoms with Gasteiger partial charge in [-0.25, -0.2) is 0 Å². The van der Waals surface area contributed by atoms with Crippen molar-refractivity contribution in [3.8, 4) is 0 Å². The van der Waals surface area contributed by atoms with Crippen molar-refractivity contribution >= 4 is 37.8 Å². The van der Waals surface area contributed by atoms with Crippen LogP contribution in [0.3, 0.4) is 0 Å². The topological polar surface area (TPSA) is 31.0 Å². The fourth-order valence-electron chi connectivity index (χ4n) is 1.01. The predicted molar refractivity (Wildman–Crippen MR) is 78.6 cm³/mol. The minimum atomic E-state index is 0.459. The van der Waals surface area contributed by atoms with Crippen molar-refractivity contribution in [2.75, 3.05) is 26.4 Å². The van der Waals surface area contributed by atoms with Crippen molar-refractivity contribution in [1.82, 2.24) is 0 Å². The van der Waals surface area contributed by atoms with Crippen LogP contribution >= 0.6 is 0 Å². The van der Waals surface area contributed by atoms with Gasteiger partial charge in [-0.2, -0.15) is 0 Å². The van der Waals surface area contributed by atoms with E-state index in [0.717, 1.165) is 36.9 Å². The Hall–Kier alpha value is 0.748. The lowest BCUT2D eigenvalue weighted by Crippen LogP contribution is -2.06. The van der Waals surface area contributed by atoms with Crippen molar-refractivity contribution in [2.24, 2.45) is 0 Å². The first-order chi connectivity index (χ1) is 7.35. The maximum absolute atomic E-state index is 5.43. The lowest BCUT2D eigenvalue weighted by atomic mass is 10.5. The second-order valence-electron chi connectivity index (χ2n) is 3.67. The molecule has 15 heavy (non-hydrogen) atoms. The molecule has 1 aliphatic heterocycles. The molecule has 0 N–H and O–H groups in total. The summed E-state index contributed by atoms with van der Waals surface area (Å²) in [5.41, 5.74) is 0. The molecular weight excluding hydrogens is 256 g/mol. The number of hydrogen-bond donors (Lipinski definition) is 0. The second-order valence-corrected chi connectivity index (χ2v) is 20.8. The van der Waals surface area contributed by atoms with E-state index in [2.05, 4.69) is 4.43 Å². The molecule has 1 atom stereocenters. The molecule has 1 aliphatic rings. The molecule has 7 heteroatoms. The van der Waals surface area contributed by atoms with E-state index in [4.69, 9.17) is 9.47 Å². The molecule has 0 amide bonds. The van der Waals surface area contributed by atoms with Gasteiger partial charge in [0.15, 0.2) is 0 Å². The molecule has 0 aromatic heterocycles. The summed E-state index contributed by atoms with van der Waals surface area (Å²) in [6, 6.07) is 1.54. The van der Waals surface area contributed by atoms with Crippen LogP contribution in [0.1, 0.15) is 13.3 Å². The first-order valence-corrected chi connectivity index (χ1v) is 17.5. The van der Waals surface area contributed by atoms with Gasteiger partial charge in [0.2, 0.25) is 0 Å². The highest BCUT2D eigenvalue weighted by Crippen LogP contribution is 2.08. The van der Waals surface area contributed by atoms with E-state index in [9.17, 15) is 0 Å². The molecule has 1 heterocycles. The van der Waals surface area contributed by atoms with Crippen molar-refractivity contribution < 1.29 is 13.9 Å². The Labute approximate surface area is 104 Å². The van der Waals surface area contributed by atoms with Gasteiger partial charge in [0.1, 0.15) is 16.6 Å². The summed E-state index contributed by atoms with van der Waals surface area (Å²) in [6.07, 6.45) is 1.79. The summed E-state index contributed by atoms with van der Waals surface area (Å²) in [5.74, 6) is 0. The van der Waals surface area contributed by atoms with Crippen LogP contribution < -0.4 is 0 Å². The van der Waals surface area contributed by atoms with Crippen LogP contribution in [0.4, 0.5) is 0 Å². The molecule has 3 nitrogen and oxygen atoms in total. The van der Waals surface area contributed by atoms with E-state index in [-0.39, 0.29) is 0 Å². The molecule has 0 aromatic rings. The summed E-state index contributed by atoms with van der Waals surface area (Å²) in [4.78, 5) is 0. The molecule has 0 spiro atoms. The number of epoxide rings is 1. The van der Waals surface area contributed by atoms with Crippen LogP contribution in [0.2, 0.25) is 6.04 Å². The monoisotopic (exact) mass is 282 g/mol. The van der Waals surface area contributed by atoms with Gasteiger partial charge in [0.05, 0.1) is 13.2 Å². The number of hydrogen-bond acceptors (Lipinski definition) is 3. The highest BCUT2D eigenvalue weighted by molar-refractivity contribution is 7.23. The largest absolute Gasteiger partial charge is 0.428 e. The zero-order valence-corrected chi connectivity index (χ0v) is 17.3. The van der Waals surface area contributed by atoms with E-state index in [1.54, 1.807) is 15.8 Å². The van der Waals surface area contributed by atoms with Gasteiger partial charge in [-0.05, 0) is 31.7 Å².